The lowest BCUT2D eigenvalue weighted by Gasteiger charge is -2.10. The lowest BCUT2D eigenvalue weighted by molar-refractivity contribution is -0.274. The molecule has 2 aromatic carbocycles. The highest BCUT2D eigenvalue weighted by atomic mass is 19.4. The Hall–Kier alpha value is -2.64. The summed E-state index contributed by atoms with van der Waals surface area (Å²) < 4.78 is 67.3. The summed E-state index contributed by atoms with van der Waals surface area (Å²) in [6.45, 7) is 0. The van der Waals surface area contributed by atoms with E-state index in [1.165, 1.54) is 0 Å². The van der Waals surface area contributed by atoms with Crippen molar-refractivity contribution in [2.45, 2.75) is 6.36 Å². The molecule has 116 valence electrons. The summed E-state index contributed by atoms with van der Waals surface area (Å²) in [5.41, 5.74) is -1.17. The second-order valence-electron chi connectivity index (χ2n) is 4.19. The van der Waals surface area contributed by atoms with Gasteiger partial charge in [-0.1, -0.05) is 12.1 Å². The number of carboxylic acid groups (broad SMARTS) is 1. The first-order valence-corrected chi connectivity index (χ1v) is 5.76. The molecular weight excluding hydrogens is 311 g/mol. The van der Waals surface area contributed by atoms with Gasteiger partial charge in [-0.15, -0.1) is 13.2 Å². The average Bonchev–Trinajstić information content (AvgIpc) is 2.38. The Balaban J connectivity index is 2.38. The van der Waals surface area contributed by atoms with Crippen LogP contribution >= 0.6 is 0 Å². The van der Waals surface area contributed by atoms with Gasteiger partial charge in [0, 0.05) is 0 Å². The summed E-state index contributed by atoms with van der Waals surface area (Å²) in [6, 6.07) is 5.10. The number of hydrogen-bond acceptors (Lipinski definition) is 2. The molecule has 0 saturated heterocycles. The number of ether oxygens (including phenoxy) is 1. The van der Waals surface area contributed by atoms with Gasteiger partial charge in [-0.3, -0.25) is 0 Å². The molecule has 0 atom stereocenters. The smallest absolute Gasteiger partial charge is 0.478 e. The molecule has 2 rings (SSSR count). The number of alkyl halides is 3. The highest BCUT2D eigenvalue weighted by Crippen LogP contribution is 2.30. The maximum Gasteiger partial charge on any atom is 0.573 e. The van der Waals surface area contributed by atoms with Gasteiger partial charge >= 0.3 is 12.3 Å². The third-order valence-electron chi connectivity index (χ3n) is 2.67. The fourth-order valence-corrected chi connectivity index (χ4v) is 1.80. The Morgan fingerprint density at radius 2 is 1.50 bits per heavy atom. The molecule has 0 aliphatic heterocycles. The number of halogens is 5. The molecule has 0 spiro atoms. The Morgan fingerprint density at radius 3 is 1.91 bits per heavy atom. The van der Waals surface area contributed by atoms with Gasteiger partial charge in [0.25, 0.3) is 0 Å². The fourth-order valence-electron chi connectivity index (χ4n) is 1.80. The van der Waals surface area contributed by atoms with Crippen molar-refractivity contribution in [3.8, 4) is 16.9 Å². The van der Waals surface area contributed by atoms with Crippen LogP contribution in [0.15, 0.2) is 36.4 Å². The highest BCUT2D eigenvalue weighted by Gasteiger charge is 2.31. The van der Waals surface area contributed by atoms with Gasteiger partial charge in [0.1, 0.15) is 17.4 Å². The number of aromatic carboxylic acids is 1. The van der Waals surface area contributed by atoms with Crippen LogP contribution in [0.2, 0.25) is 0 Å². The lowest BCUT2D eigenvalue weighted by Crippen LogP contribution is -2.16. The minimum Gasteiger partial charge on any atom is -0.478 e. The first kappa shape index (κ1) is 15.7. The van der Waals surface area contributed by atoms with Gasteiger partial charge in [0.2, 0.25) is 0 Å². The molecule has 1 N–H and O–H groups in total. The van der Waals surface area contributed by atoms with Gasteiger partial charge in [0.15, 0.2) is 0 Å². The first-order valence-electron chi connectivity index (χ1n) is 5.76. The van der Waals surface area contributed by atoms with E-state index in [0.29, 0.717) is 12.1 Å². The zero-order valence-electron chi connectivity index (χ0n) is 10.6. The zero-order chi connectivity index (χ0) is 16.5. The lowest BCUT2D eigenvalue weighted by atomic mass is 10.0. The molecular formula is C14H7F5O3. The van der Waals surface area contributed by atoms with Crippen LogP contribution in [0.5, 0.6) is 5.75 Å². The van der Waals surface area contributed by atoms with E-state index in [4.69, 9.17) is 5.11 Å². The SMILES string of the molecule is O=C(O)c1cc(F)c(-c2ccc(OC(F)(F)F)cc2)c(F)c1. The van der Waals surface area contributed by atoms with Crippen molar-refractivity contribution >= 4 is 5.97 Å². The Bertz CT molecular complexity index is 684. The van der Waals surface area contributed by atoms with Crippen molar-refractivity contribution in [3.05, 3.63) is 53.6 Å². The second-order valence-corrected chi connectivity index (χ2v) is 4.19. The number of benzene rings is 2. The molecule has 0 saturated carbocycles. The van der Waals surface area contributed by atoms with Gasteiger partial charge in [0.05, 0.1) is 11.1 Å². The van der Waals surface area contributed by atoms with Crippen LogP contribution in [-0.4, -0.2) is 17.4 Å². The molecule has 0 amide bonds. The van der Waals surface area contributed by atoms with E-state index in [2.05, 4.69) is 4.74 Å². The van der Waals surface area contributed by atoms with Crippen molar-refractivity contribution in [3.63, 3.8) is 0 Å². The molecule has 0 bridgehead atoms. The van der Waals surface area contributed by atoms with Crippen LogP contribution in [0.1, 0.15) is 10.4 Å². The topological polar surface area (TPSA) is 46.5 Å². The number of hydrogen-bond donors (Lipinski definition) is 1. The predicted octanol–water partition coefficient (Wildman–Crippen LogP) is 4.23. The molecule has 0 radical (unpaired) electrons. The maximum atomic E-state index is 13.8. The van der Waals surface area contributed by atoms with Crippen LogP contribution < -0.4 is 4.74 Å². The van der Waals surface area contributed by atoms with Crippen LogP contribution in [-0.2, 0) is 0 Å². The van der Waals surface area contributed by atoms with E-state index in [1.54, 1.807) is 0 Å². The molecule has 0 heterocycles. The zero-order valence-corrected chi connectivity index (χ0v) is 10.6. The van der Waals surface area contributed by atoms with Crippen LogP contribution in [0.4, 0.5) is 22.0 Å². The van der Waals surface area contributed by atoms with Crippen LogP contribution in [0.25, 0.3) is 11.1 Å². The third kappa shape index (κ3) is 3.51. The average molecular weight is 318 g/mol. The molecule has 8 heteroatoms. The fraction of sp³-hybridized carbons (Fsp3) is 0.0714. The minimum atomic E-state index is -4.87. The van der Waals surface area contributed by atoms with Gasteiger partial charge in [-0.25, -0.2) is 13.6 Å². The van der Waals surface area contributed by atoms with Crippen molar-refractivity contribution in [2.24, 2.45) is 0 Å². The van der Waals surface area contributed by atoms with Crippen LogP contribution in [0, 0.1) is 11.6 Å². The van der Waals surface area contributed by atoms with E-state index in [-0.39, 0.29) is 5.56 Å². The number of carbonyl (C=O) groups is 1. The molecule has 0 aliphatic rings. The Labute approximate surface area is 120 Å². The van der Waals surface area contributed by atoms with Crippen molar-refractivity contribution in [1.29, 1.82) is 0 Å². The van der Waals surface area contributed by atoms with E-state index in [9.17, 15) is 26.7 Å². The number of rotatable bonds is 3. The quantitative estimate of drug-likeness (QED) is 0.862. The molecule has 2 aromatic rings. The highest BCUT2D eigenvalue weighted by molar-refractivity contribution is 5.88. The standard InChI is InChI=1S/C14H7F5O3/c15-10-5-8(13(20)21)6-11(16)12(10)7-1-3-9(4-2-7)22-14(17,18)19/h1-6H,(H,20,21). The summed E-state index contributed by atoms with van der Waals surface area (Å²) in [4.78, 5) is 10.7. The van der Waals surface area contributed by atoms with Gasteiger partial charge in [-0.05, 0) is 29.8 Å². The summed E-state index contributed by atoms with van der Waals surface area (Å²) in [6.07, 6.45) is -4.87. The van der Waals surface area contributed by atoms with E-state index in [1.807, 2.05) is 0 Å². The maximum absolute atomic E-state index is 13.8. The molecule has 3 nitrogen and oxygen atoms in total. The predicted molar refractivity (Wildman–Crippen MR) is 65.4 cm³/mol. The van der Waals surface area contributed by atoms with E-state index < -0.39 is 40.8 Å². The van der Waals surface area contributed by atoms with Crippen molar-refractivity contribution in [1.82, 2.24) is 0 Å². The minimum absolute atomic E-state index is 0.0542. The normalized spacial score (nSPS) is 11.3. The summed E-state index contributed by atoms with van der Waals surface area (Å²) >= 11 is 0. The first-order chi connectivity index (χ1) is 10.2. The second kappa shape index (κ2) is 5.63. The summed E-state index contributed by atoms with van der Waals surface area (Å²) in [7, 11) is 0. The molecule has 0 aliphatic carbocycles. The number of carboxylic acids is 1. The largest absolute Gasteiger partial charge is 0.573 e. The van der Waals surface area contributed by atoms with Crippen LogP contribution in [0.3, 0.4) is 0 Å². The Morgan fingerprint density at radius 1 is 1.00 bits per heavy atom. The molecule has 0 unspecified atom stereocenters. The van der Waals surface area contributed by atoms with Gasteiger partial charge < -0.3 is 9.84 Å². The van der Waals surface area contributed by atoms with Crippen molar-refractivity contribution < 1.29 is 36.6 Å². The van der Waals surface area contributed by atoms with E-state index in [0.717, 1.165) is 24.3 Å². The Kier molecular flexibility index (Phi) is 4.03. The van der Waals surface area contributed by atoms with E-state index >= 15 is 0 Å². The molecule has 0 aromatic heterocycles. The third-order valence-corrected chi connectivity index (χ3v) is 2.67. The molecule has 0 fully saturated rings. The summed E-state index contributed by atoms with van der Waals surface area (Å²) in [5.74, 6) is -4.32. The van der Waals surface area contributed by atoms with Crippen molar-refractivity contribution in [2.75, 3.05) is 0 Å². The van der Waals surface area contributed by atoms with Gasteiger partial charge in [-0.2, -0.15) is 0 Å². The molecule has 22 heavy (non-hydrogen) atoms. The summed E-state index contributed by atoms with van der Waals surface area (Å²) in [5, 5.41) is 8.68. The monoisotopic (exact) mass is 318 g/mol.